The molecule has 0 bridgehead atoms. The highest BCUT2D eigenvalue weighted by molar-refractivity contribution is 5.85. The normalized spacial score (nSPS) is 21.7. The lowest BCUT2D eigenvalue weighted by Gasteiger charge is -2.32. The highest BCUT2D eigenvalue weighted by Gasteiger charge is 2.29. The lowest BCUT2D eigenvalue weighted by molar-refractivity contribution is -0.131. The van der Waals surface area contributed by atoms with Crippen LogP contribution in [0.15, 0.2) is 0 Å². The van der Waals surface area contributed by atoms with Gasteiger partial charge in [0.15, 0.2) is 0 Å². The van der Waals surface area contributed by atoms with Crippen LogP contribution >= 0.6 is 12.4 Å². The molecule has 0 aromatic carbocycles. The largest absolute Gasteiger partial charge is 0.341 e. The Morgan fingerprint density at radius 3 is 2.91 bits per heavy atom. The summed E-state index contributed by atoms with van der Waals surface area (Å²) in [5, 5.41) is 11.8. The van der Waals surface area contributed by atoms with Gasteiger partial charge in [-0.1, -0.05) is 6.42 Å². The van der Waals surface area contributed by atoms with E-state index in [1.54, 1.807) is 0 Å². The number of aromatic nitrogens is 3. The monoisotopic (exact) mass is 327 g/mol. The van der Waals surface area contributed by atoms with Gasteiger partial charge in [0.25, 0.3) is 0 Å². The van der Waals surface area contributed by atoms with Crippen molar-refractivity contribution in [2.24, 2.45) is 0 Å². The molecule has 2 aliphatic heterocycles. The molecule has 6 nitrogen and oxygen atoms in total. The van der Waals surface area contributed by atoms with Crippen molar-refractivity contribution in [2.75, 3.05) is 26.7 Å². The van der Waals surface area contributed by atoms with Crippen molar-refractivity contribution in [2.45, 2.75) is 51.0 Å². The summed E-state index contributed by atoms with van der Waals surface area (Å²) in [5.41, 5.74) is 0. The molecule has 0 saturated carbocycles. The molecule has 1 aromatic rings. The summed E-state index contributed by atoms with van der Waals surface area (Å²) in [6, 6.07) is 0. The summed E-state index contributed by atoms with van der Waals surface area (Å²) in [7, 11) is 1.82. The molecule has 2 aliphatic rings. The van der Waals surface area contributed by atoms with E-state index in [2.05, 4.69) is 20.1 Å². The van der Waals surface area contributed by atoms with Crippen LogP contribution in [0.2, 0.25) is 0 Å². The van der Waals surface area contributed by atoms with Gasteiger partial charge >= 0.3 is 0 Å². The number of likely N-dealkylation sites (tertiary alicyclic amines) is 1. The molecule has 1 unspecified atom stereocenters. The summed E-state index contributed by atoms with van der Waals surface area (Å²) in [6.07, 6.45) is 6.93. The topological polar surface area (TPSA) is 63.1 Å². The Balaban J connectivity index is 0.00000176. The van der Waals surface area contributed by atoms with Gasteiger partial charge in [0.1, 0.15) is 11.6 Å². The van der Waals surface area contributed by atoms with Crippen LogP contribution in [0.5, 0.6) is 0 Å². The number of nitrogens with zero attached hydrogens (tertiary/aromatic N) is 4. The van der Waals surface area contributed by atoms with Crippen LogP contribution in [-0.2, 0) is 17.8 Å². The summed E-state index contributed by atoms with van der Waals surface area (Å²) < 4.78 is 2.32. The fourth-order valence-corrected chi connectivity index (χ4v) is 3.49. The van der Waals surface area contributed by atoms with E-state index in [0.717, 1.165) is 50.5 Å². The third kappa shape index (κ3) is 3.60. The number of halogens is 1. The zero-order valence-corrected chi connectivity index (χ0v) is 14.1. The second-order valence-electron chi connectivity index (χ2n) is 6.15. The second-order valence-corrected chi connectivity index (χ2v) is 6.15. The standard InChI is InChI=1S/C15H25N5O.ClH/c1-16-10-14(21)19-8-5-6-12(11-19)15-18-17-13-7-3-2-4-9-20(13)15;/h12,16H,2-11H2,1H3;1H. The van der Waals surface area contributed by atoms with E-state index in [1.165, 1.54) is 19.3 Å². The van der Waals surface area contributed by atoms with E-state index in [4.69, 9.17) is 0 Å². The maximum atomic E-state index is 12.1. The number of aryl methyl sites for hydroxylation is 1. The maximum absolute atomic E-state index is 12.1. The molecule has 0 spiro atoms. The molecule has 0 aliphatic carbocycles. The molecule has 1 saturated heterocycles. The van der Waals surface area contributed by atoms with Crippen molar-refractivity contribution in [1.82, 2.24) is 25.0 Å². The minimum Gasteiger partial charge on any atom is -0.341 e. The first-order valence-electron chi connectivity index (χ1n) is 8.14. The van der Waals surface area contributed by atoms with Crippen LogP contribution in [0, 0.1) is 0 Å². The number of piperidine rings is 1. The smallest absolute Gasteiger partial charge is 0.236 e. The highest BCUT2D eigenvalue weighted by Crippen LogP contribution is 2.27. The number of carbonyl (C=O) groups excluding carboxylic acids is 1. The zero-order valence-electron chi connectivity index (χ0n) is 13.3. The number of carbonyl (C=O) groups is 1. The minimum atomic E-state index is 0. The number of nitrogens with one attached hydrogen (secondary N) is 1. The molecule has 0 radical (unpaired) electrons. The number of likely N-dealkylation sites (N-methyl/N-ethyl adjacent to an activating group) is 1. The van der Waals surface area contributed by atoms with E-state index in [9.17, 15) is 4.79 Å². The summed E-state index contributed by atoms with van der Waals surface area (Å²) in [6.45, 7) is 3.12. The number of amides is 1. The molecule has 1 amide bonds. The van der Waals surface area contributed by atoms with Crippen LogP contribution in [0.4, 0.5) is 0 Å². The molecule has 124 valence electrons. The first-order valence-corrected chi connectivity index (χ1v) is 8.14. The molecule has 22 heavy (non-hydrogen) atoms. The van der Waals surface area contributed by atoms with Gasteiger partial charge < -0.3 is 14.8 Å². The molecular weight excluding hydrogens is 302 g/mol. The van der Waals surface area contributed by atoms with Gasteiger partial charge in [-0.05, 0) is 32.7 Å². The van der Waals surface area contributed by atoms with Crippen molar-refractivity contribution >= 4 is 18.3 Å². The summed E-state index contributed by atoms with van der Waals surface area (Å²) in [4.78, 5) is 14.1. The van der Waals surface area contributed by atoms with Crippen LogP contribution in [0.1, 0.15) is 49.7 Å². The van der Waals surface area contributed by atoms with E-state index in [-0.39, 0.29) is 18.3 Å². The third-order valence-corrected chi connectivity index (χ3v) is 4.61. The highest BCUT2D eigenvalue weighted by atomic mass is 35.5. The van der Waals surface area contributed by atoms with Crippen molar-refractivity contribution in [3.63, 3.8) is 0 Å². The maximum Gasteiger partial charge on any atom is 0.236 e. The number of hydrogen-bond donors (Lipinski definition) is 1. The van der Waals surface area contributed by atoms with Gasteiger partial charge in [-0.3, -0.25) is 4.79 Å². The van der Waals surface area contributed by atoms with E-state index < -0.39 is 0 Å². The molecule has 3 heterocycles. The molecule has 3 rings (SSSR count). The van der Waals surface area contributed by atoms with Crippen molar-refractivity contribution < 1.29 is 4.79 Å². The first kappa shape index (κ1) is 17.2. The van der Waals surface area contributed by atoms with E-state index in [1.807, 2.05) is 11.9 Å². The van der Waals surface area contributed by atoms with Gasteiger partial charge in [-0.2, -0.15) is 0 Å². The van der Waals surface area contributed by atoms with Crippen LogP contribution < -0.4 is 5.32 Å². The number of rotatable bonds is 3. The average Bonchev–Trinajstić information content (AvgIpc) is 2.76. The molecule has 7 heteroatoms. The predicted molar refractivity (Wildman–Crippen MR) is 87.3 cm³/mol. The summed E-state index contributed by atoms with van der Waals surface area (Å²) in [5.74, 6) is 2.78. The van der Waals surface area contributed by atoms with Crippen LogP contribution in [0.3, 0.4) is 0 Å². The fourth-order valence-electron chi connectivity index (χ4n) is 3.49. The molecule has 1 aromatic heterocycles. The molecule has 1 N–H and O–H groups in total. The average molecular weight is 328 g/mol. The van der Waals surface area contributed by atoms with Crippen molar-refractivity contribution in [3.05, 3.63) is 11.6 Å². The quantitative estimate of drug-likeness (QED) is 0.910. The number of fused-ring (bicyclic) bond motifs is 1. The van der Waals surface area contributed by atoms with Crippen LogP contribution in [-0.4, -0.2) is 52.3 Å². The lowest BCUT2D eigenvalue weighted by Crippen LogP contribution is -2.43. The second kappa shape index (κ2) is 7.92. The predicted octanol–water partition coefficient (Wildman–Crippen LogP) is 1.35. The Morgan fingerprint density at radius 1 is 1.23 bits per heavy atom. The van der Waals surface area contributed by atoms with Gasteiger partial charge in [0.2, 0.25) is 5.91 Å². The first-order chi connectivity index (χ1) is 10.3. The lowest BCUT2D eigenvalue weighted by atomic mass is 9.97. The zero-order chi connectivity index (χ0) is 14.7. The Labute approximate surface area is 138 Å². The third-order valence-electron chi connectivity index (χ3n) is 4.61. The minimum absolute atomic E-state index is 0. The Kier molecular flexibility index (Phi) is 6.20. The molecule has 1 fully saturated rings. The molecule has 1 atom stereocenters. The van der Waals surface area contributed by atoms with Crippen molar-refractivity contribution in [1.29, 1.82) is 0 Å². The Morgan fingerprint density at radius 2 is 2.09 bits per heavy atom. The molecular formula is C15H26ClN5O. The SMILES string of the molecule is CNCC(=O)N1CCCC(c2nnc3n2CCCCC3)C1.Cl. The summed E-state index contributed by atoms with van der Waals surface area (Å²) >= 11 is 0. The van der Waals surface area contributed by atoms with E-state index in [0.29, 0.717) is 12.5 Å². The van der Waals surface area contributed by atoms with Gasteiger partial charge in [0.05, 0.1) is 6.54 Å². The van der Waals surface area contributed by atoms with E-state index >= 15 is 0 Å². The van der Waals surface area contributed by atoms with Gasteiger partial charge in [-0.15, -0.1) is 22.6 Å². The Bertz CT molecular complexity index is 504. The number of hydrogen-bond acceptors (Lipinski definition) is 4. The Hall–Kier alpha value is -1.14. The van der Waals surface area contributed by atoms with Gasteiger partial charge in [0, 0.05) is 32.0 Å². The fraction of sp³-hybridized carbons (Fsp3) is 0.800. The van der Waals surface area contributed by atoms with Crippen molar-refractivity contribution in [3.8, 4) is 0 Å². The van der Waals surface area contributed by atoms with Gasteiger partial charge in [-0.25, -0.2) is 0 Å². The van der Waals surface area contributed by atoms with Crippen LogP contribution in [0.25, 0.3) is 0 Å².